The van der Waals surface area contributed by atoms with Crippen LogP contribution < -0.4 is 10.1 Å². The molecule has 0 aliphatic rings. The second-order valence-electron chi connectivity index (χ2n) is 6.67. The van der Waals surface area contributed by atoms with E-state index in [2.05, 4.69) is 5.32 Å². The number of nitro groups is 1. The zero-order valence-corrected chi connectivity index (χ0v) is 16.8. The van der Waals surface area contributed by atoms with Crippen LogP contribution in [0.2, 0.25) is 0 Å². The second-order valence-corrected chi connectivity index (χ2v) is 6.67. The lowest BCUT2D eigenvalue weighted by Crippen LogP contribution is -2.14. The molecule has 0 aliphatic heterocycles. The Labute approximate surface area is 174 Å². The third-order valence-corrected chi connectivity index (χ3v) is 4.66. The molecule has 1 amide bonds. The molecule has 0 aromatic heterocycles. The van der Waals surface area contributed by atoms with Crippen molar-refractivity contribution in [2.24, 2.45) is 0 Å². The van der Waals surface area contributed by atoms with Gasteiger partial charge in [-0.15, -0.1) is 0 Å². The van der Waals surface area contributed by atoms with Gasteiger partial charge in [0.2, 0.25) is 0 Å². The molecule has 1 N–H and O–H groups in total. The number of hydrogen-bond donors (Lipinski definition) is 1. The van der Waals surface area contributed by atoms with E-state index in [9.17, 15) is 14.9 Å². The van der Waals surface area contributed by atoms with E-state index in [-0.39, 0.29) is 18.2 Å². The summed E-state index contributed by atoms with van der Waals surface area (Å²) in [5, 5.41) is 13.9. The van der Waals surface area contributed by atoms with Crippen molar-refractivity contribution in [2.75, 3.05) is 12.4 Å². The van der Waals surface area contributed by atoms with E-state index >= 15 is 0 Å². The van der Waals surface area contributed by atoms with Gasteiger partial charge in [0, 0.05) is 17.2 Å². The van der Waals surface area contributed by atoms with Gasteiger partial charge in [-0.2, -0.15) is 0 Å². The van der Waals surface area contributed by atoms with Gasteiger partial charge >= 0.3 is 0 Å². The zero-order chi connectivity index (χ0) is 21.5. The predicted octanol–water partition coefficient (Wildman–Crippen LogP) is 4.88. The van der Waals surface area contributed by atoms with Gasteiger partial charge in [-0.3, -0.25) is 14.9 Å². The summed E-state index contributed by atoms with van der Waals surface area (Å²) in [5.74, 6) is 0.247. The molecule has 0 spiro atoms. The molecule has 7 heteroatoms. The zero-order valence-electron chi connectivity index (χ0n) is 16.8. The minimum Gasteiger partial charge on any atom is -0.496 e. The molecule has 0 saturated carbocycles. The summed E-state index contributed by atoms with van der Waals surface area (Å²) in [5.41, 5.74) is 2.93. The molecule has 30 heavy (non-hydrogen) atoms. The molecule has 7 nitrogen and oxygen atoms in total. The van der Waals surface area contributed by atoms with E-state index in [0.717, 1.165) is 11.1 Å². The number of benzene rings is 3. The third-order valence-electron chi connectivity index (χ3n) is 4.66. The summed E-state index contributed by atoms with van der Waals surface area (Å²) in [6.07, 6.45) is 0. The van der Waals surface area contributed by atoms with Crippen molar-refractivity contribution in [3.05, 3.63) is 99.1 Å². The van der Waals surface area contributed by atoms with Crippen molar-refractivity contribution in [1.82, 2.24) is 0 Å². The van der Waals surface area contributed by atoms with Crippen LogP contribution in [0.3, 0.4) is 0 Å². The third kappa shape index (κ3) is 5.01. The molecule has 0 aliphatic carbocycles. The summed E-state index contributed by atoms with van der Waals surface area (Å²) in [6.45, 7) is 2.31. The number of nitro benzene ring substituents is 1. The van der Waals surface area contributed by atoms with Gasteiger partial charge in [0.25, 0.3) is 11.6 Å². The van der Waals surface area contributed by atoms with Crippen LogP contribution in [0.15, 0.2) is 66.7 Å². The first-order chi connectivity index (χ1) is 14.5. The standard InChI is InChI=1S/C23H22N2O5/c1-16-20(9-6-10-21(16)25(27)28)24-23(26)18-11-12-22(29-2)19(13-18)15-30-14-17-7-4-3-5-8-17/h3-13H,14-15H2,1-2H3,(H,24,26). The lowest BCUT2D eigenvalue weighted by atomic mass is 10.1. The van der Waals surface area contributed by atoms with Crippen LogP contribution in [0.4, 0.5) is 11.4 Å². The number of amides is 1. The maximum absolute atomic E-state index is 12.7. The van der Waals surface area contributed by atoms with Crippen molar-refractivity contribution < 1.29 is 19.2 Å². The number of nitrogens with one attached hydrogen (secondary N) is 1. The number of ether oxygens (including phenoxy) is 2. The fourth-order valence-corrected chi connectivity index (χ4v) is 3.04. The van der Waals surface area contributed by atoms with Crippen molar-refractivity contribution in [2.45, 2.75) is 20.1 Å². The lowest BCUT2D eigenvalue weighted by Gasteiger charge is -2.13. The van der Waals surface area contributed by atoms with Gasteiger partial charge in [0.15, 0.2) is 0 Å². The van der Waals surface area contributed by atoms with Crippen LogP contribution in [0, 0.1) is 17.0 Å². The average molecular weight is 406 g/mol. The van der Waals surface area contributed by atoms with Crippen LogP contribution in [0.25, 0.3) is 0 Å². The molecule has 0 saturated heterocycles. The summed E-state index contributed by atoms with van der Waals surface area (Å²) in [7, 11) is 1.56. The fraction of sp³-hybridized carbons (Fsp3) is 0.174. The molecule has 3 aromatic carbocycles. The van der Waals surface area contributed by atoms with Crippen LogP contribution in [0.5, 0.6) is 5.75 Å². The van der Waals surface area contributed by atoms with E-state index in [1.807, 2.05) is 30.3 Å². The summed E-state index contributed by atoms with van der Waals surface area (Å²) >= 11 is 0. The molecule has 3 rings (SSSR count). The van der Waals surface area contributed by atoms with Gasteiger partial charge < -0.3 is 14.8 Å². The van der Waals surface area contributed by atoms with Gasteiger partial charge in [-0.05, 0) is 36.8 Å². The van der Waals surface area contributed by atoms with E-state index in [1.54, 1.807) is 38.3 Å². The second kappa shape index (κ2) is 9.67. The number of nitrogens with zero attached hydrogens (tertiary/aromatic N) is 1. The molecular weight excluding hydrogens is 384 g/mol. The molecule has 0 heterocycles. The molecular formula is C23H22N2O5. The highest BCUT2D eigenvalue weighted by Gasteiger charge is 2.16. The van der Waals surface area contributed by atoms with Gasteiger partial charge in [-0.25, -0.2) is 0 Å². The van der Waals surface area contributed by atoms with Gasteiger partial charge in [-0.1, -0.05) is 36.4 Å². The number of methoxy groups -OCH3 is 1. The Morgan fingerprint density at radius 1 is 1.03 bits per heavy atom. The van der Waals surface area contributed by atoms with E-state index in [1.165, 1.54) is 12.1 Å². The highest BCUT2D eigenvalue weighted by Crippen LogP contribution is 2.26. The molecule has 0 bridgehead atoms. The minimum atomic E-state index is -0.472. The predicted molar refractivity (Wildman–Crippen MR) is 114 cm³/mol. The summed E-state index contributed by atoms with van der Waals surface area (Å²) < 4.78 is 11.2. The van der Waals surface area contributed by atoms with Gasteiger partial charge in [0.05, 0.1) is 36.5 Å². The van der Waals surface area contributed by atoms with Crippen molar-refractivity contribution >= 4 is 17.3 Å². The molecule has 0 fully saturated rings. The van der Waals surface area contributed by atoms with Crippen molar-refractivity contribution in [3.63, 3.8) is 0 Å². The molecule has 154 valence electrons. The maximum atomic E-state index is 12.7. The van der Waals surface area contributed by atoms with E-state index in [4.69, 9.17) is 9.47 Å². The number of rotatable bonds is 8. The normalized spacial score (nSPS) is 10.5. The SMILES string of the molecule is COc1ccc(C(=O)Nc2cccc([N+](=O)[O-])c2C)cc1COCc1ccccc1. The van der Waals surface area contributed by atoms with E-state index in [0.29, 0.717) is 29.2 Å². The Morgan fingerprint density at radius 2 is 1.80 bits per heavy atom. The first-order valence-corrected chi connectivity index (χ1v) is 9.33. The molecule has 0 unspecified atom stereocenters. The monoisotopic (exact) mass is 406 g/mol. The molecule has 3 aromatic rings. The molecule has 0 atom stereocenters. The first-order valence-electron chi connectivity index (χ1n) is 9.33. The highest BCUT2D eigenvalue weighted by atomic mass is 16.6. The van der Waals surface area contributed by atoms with E-state index < -0.39 is 4.92 Å². The Bertz CT molecular complexity index is 1050. The van der Waals surface area contributed by atoms with Crippen LogP contribution in [-0.2, 0) is 18.0 Å². The molecule has 0 radical (unpaired) electrons. The Kier molecular flexibility index (Phi) is 6.77. The Balaban J connectivity index is 1.74. The first kappa shape index (κ1) is 21.0. The largest absolute Gasteiger partial charge is 0.496 e. The van der Waals surface area contributed by atoms with Crippen molar-refractivity contribution in [1.29, 1.82) is 0 Å². The Hall–Kier alpha value is -3.71. The lowest BCUT2D eigenvalue weighted by molar-refractivity contribution is -0.385. The maximum Gasteiger partial charge on any atom is 0.274 e. The van der Waals surface area contributed by atoms with Gasteiger partial charge in [0.1, 0.15) is 5.75 Å². The van der Waals surface area contributed by atoms with Crippen molar-refractivity contribution in [3.8, 4) is 5.75 Å². The summed E-state index contributed by atoms with van der Waals surface area (Å²) in [4.78, 5) is 23.4. The fourth-order valence-electron chi connectivity index (χ4n) is 3.04. The minimum absolute atomic E-state index is 0.0440. The quantitative estimate of drug-likeness (QED) is 0.425. The highest BCUT2D eigenvalue weighted by molar-refractivity contribution is 6.05. The number of anilines is 1. The average Bonchev–Trinajstić information content (AvgIpc) is 2.75. The number of carbonyl (C=O) groups excluding carboxylic acids is 1. The van der Waals surface area contributed by atoms with Crippen LogP contribution >= 0.6 is 0 Å². The number of hydrogen-bond acceptors (Lipinski definition) is 5. The number of carbonyl (C=O) groups is 1. The Morgan fingerprint density at radius 3 is 2.50 bits per heavy atom. The smallest absolute Gasteiger partial charge is 0.274 e. The topological polar surface area (TPSA) is 90.7 Å². The van der Waals surface area contributed by atoms with Crippen LogP contribution in [0.1, 0.15) is 27.0 Å². The summed E-state index contributed by atoms with van der Waals surface area (Å²) in [6, 6.07) is 19.4. The van der Waals surface area contributed by atoms with Crippen LogP contribution in [-0.4, -0.2) is 17.9 Å².